The first-order valence-corrected chi connectivity index (χ1v) is 7.97. The van der Waals surface area contributed by atoms with Crippen LogP contribution in [0.15, 0.2) is 0 Å². The van der Waals surface area contributed by atoms with Gasteiger partial charge in [-0.1, -0.05) is 31.9 Å². The molecule has 7 nitrogen and oxygen atoms in total. The second kappa shape index (κ2) is 8.09. The van der Waals surface area contributed by atoms with Crippen molar-refractivity contribution in [3.63, 3.8) is 0 Å². The number of esters is 3. The van der Waals surface area contributed by atoms with E-state index in [0.717, 1.165) is 0 Å². The third kappa shape index (κ3) is 5.55. The van der Waals surface area contributed by atoms with Crippen LogP contribution in [0.2, 0.25) is 0 Å². The molecule has 1 aliphatic rings. The van der Waals surface area contributed by atoms with E-state index in [4.69, 9.17) is 18.9 Å². The topological polar surface area (TPSA) is 88.1 Å². The van der Waals surface area contributed by atoms with Gasteiger partial charge in [0.2, 0.25) is 0 Å². The molecule has 0 unspecified atom stereocenters. The lowest BCUT2D eigenvalue weighted by Crippen LogP contribution is -2.58. The van der Waals surface area contributed by atoms with Crippen LogP contribution in [-0.4, -0.2) is 52.7 Å². The zero-order valence-electron chi connectivity index (χ0n) is 11.7. The summed E-state index contributed by atoms with van der Waals surface area (Å²) in [5.74, 6) is -1.56. The lowest BCUT2D eigenvalue weighted by Gasteiger charge is -2.41. The standard InChI is InChI=1S/C12H16Br2O7/c1-5(15)18-4-8-10(19-6(2)16)11(20-7(3)17)9(13)12(14)21-8/h8-12H,4H2,1-3H3/t8-,9-,10+,11-,12-/m1/s1. The Labute approximate surface area is 138 Å². The molecule has 0 saturated carbocycles. The minimum Gasteiger partial charge on any atom is -0.463 e. The van der Waals surface area contributed by atoms with Gasteiger partial charge in [0, 0.05) is 20.8 Å². The summed E-state index contributed by atoms with van der Waals surface area (Å²) in [5.41, 5.74) is 0. The number of carbonyl (C=O) groups is 3. The summed E-state index contributed by atoms with van der Waals surface area (Å²) in [4.78, 5) is 33.0. The number of ether oxygens (including phenoxy) is 4. The number of alkyl halides is 2. The second-order valence-corrected chi connectivity index (χ2v) is 6.38. The van der Waals surface area contributed by atoms with Crippen molar-refractivity contribution in [3.05, 3.63) is 0 Å². The van der Waals surface area contributed by atoms with Gasteiger partial charge in [-0.2, -0.15) is 0 Å². The van der Waals surface area contributed by atoms with E-state index >= 15 is 0 Å². The van der Waals surface area contributed by atoms with Gasteiger partial charge in [-0.25, -0.2) is 0 Å². The summed E-state index contributed by atoms with van der Waals surface area (Å²) < 4.78 is 20.9. The highest BCUT2D eigenvalue weighted by atomic mass is 79.9. The normalized spacial score (nSPS) is 32.1. The lowest BCUT2D eigenvalue weighted by molar-refractivity contribution is -0.201. The van der Waals surface area contributed by atoms with Gasteiger partial charge in [-0.3, -0.25) is 14.4 Å². The molecule has 5 atom stereocenters. The van der Waals surface area contributed by atoms with Crippen molar-refractivity contribution in [1.29, 1.82) is 0 Å². The van der Waals surface area contributed by atoms with Crippen LogP contribution in [-0.2, 0) is 33.3 Å². The first-order valence-electron chi connectivity index (χ1n) is 6.13. The minimum atomic E-state index is -0.885. The molecule has 9 heteroatoms. The molecule has 0 radical (unpaired) electrons. The molecule has 0 aromatic heterocycles. The largest absolute Gasteiger partial charge is 0.463 e. The molecule has 0 amide bonds. The van der Waals surface area contributed by atoms with Gasteiger partial charge in [0.1, 0.15) is 17.7 Å². The fourth-order valence-corrected chi connectivity index (χ4v) is 2.96. The number of hydrogen-bond donors (Lipinski definition) is 0. The average Bonchev–Trinajstić information content (AvgIpc) is 2.35. The zero-order valence-corrected chi connectivity index (χ0v) is 14.9. The van der Waals surface area contributed by atoms with E-state index in [0.29, 0.717) is 0 Å². The predicted octanol–water partition coefficient (Wildman–Crippen LogP) is 1.30. The van der Waals surface area contributed by atoms with Gasteiger partial charge < -0.3 is 18.9 Å². The molecule has 0 aliphatic carbocycles. The molecule has 0 aromatic rings. The maximum absolute atomic E-state index is 11.3. The maximum atomic E-state index is 11.3. The van der Waals surface area contributed by atoms with E-state index in [2.05, 4.69) is 31.9 Å². The fourth-order valence-electron chi connectivity index (χ4n) is 1.85. The van der Waals surface area contributed by atoms with Crippen LogP contribution in [0.1, 0.15) is 20.8 Å². The van der Waals surface area contributed by atoms with Crippen LogP contribution < -0.4 is 0 Å². The van der Waals surface area contributed by atoms with Gasteiger partial charge in [0.15, 0.2) is 12.2 Å². The van der Waals surface area contributed by atoms with Crippen molar-refractivity contribution >= 4 is 49.8 Å². The highest BCUT2D eigenvalue weighted by molar-refractivity contribution is 9.12. The molecule has 120 valence electrons. The van der Waals surface area contributed by atoms with Crippen LogP contribution in [0.3, 0.4) is 0 Å². The summed E-state index contributed by atoms with van der Waals surface area (Å²) in [6.45, 7) is 3.63. The Balaban J connectivity index is 2.94. The summed E-state index contributed by atoms with van der Waals surface area (Å²) >= 11 is 6.62. The zero-order chi connectivity index (χ0) is 16.2. The van der Waals surface area contributed by atoms with Crippen LogP contribution in [0, 0.1) is 0 Å². The lowest BCUT2D eigenvalue weighted by atomic mass is 10.0. The molecule has 0 aromatic carbocycles. The highest BCUT2D eigenvalue weighted by Gasteiger charge is 2.48. The molecule has 0 spiro atoms. The van der Waals surface area contributed by atoms with Crippen LogP contribution in [0.4, 0.5) is 0 Å². The van der Waals surface area contributed by atoms with Crippen molar-refractivity contribution in [2.45, 2.75) is 48.9 Å². The smallest absolute Gasteiger partial charge is 0.303 e. The van der Waals surface area contributed by atoms with Gasteiger partial charge in [-0.05, 0) is 0 Å². The Bertz CT molecular complexity index is 414. The van der Waals surface area contributed by atoms with E-state index in [1.54, 1.807) is 0 Å². The first-order chi connectivity index (χ1) is 9.72. The number of carbonyl (C=O) groups excluding carboxylic acids is 3. The van der Waals surface area contributed by atoms with Gasteiger partial charge in [-0.15, -0.1) is 0 Å². The molecule has 1 aliphatic heterocycles. The molecular weight excluding hydrogens is 416 g/mol. The van der Waals surface area contributed by atoms with Crippen LogP contribution in [0.25, 0.3) is 0 Å². The molecule has 1 saturated heterocycles. The minimum absolute atomic E-state index is 0.118. The Morgan fingerprint density at radius 2 is 1.48 bits per heavy atom. The van der Waals surface area contributed by atoms with Crippen molar-refractivity contribution in [3.8, 4) is 0 Å². The summed E-state index contributed by atoms with van der Waals surface area (Å²) in [7, 11) is 0. The Morgan fingerprint density at radius 3 is 1.95 bits per heavy atom. The SMILES string of the molecule is CC(=O)OC[C@H]1O[C@@H](Br)[C@H](Br)[C@@H](OC(C)=O)[C@H]1OC(C)=O. The Kier molecular flexibility index (Phi) is 7.08. The van der Waals surface area contributed by atoms with E-state index < -0.39 is 46.1 Å². The van der Waals surface area contributed by atoms with E-state index in [9.17, 15) is 14.4 Å². The monoisotopic (exact) mass is 430 g/mol. The van der Waals surface area contributed by atoms with E-state index in [1.807, 2.05) is 0 Å². The van der Waals surface area contributed by atoms with Crippen LogP contribution in [0.5, 0.6) is 0 Å². The van der Waals surface area contributed by atoms with E-state index in [-0.39, 0.29) is 6.61 Å². The third-order valence-electron chi connectivity index (χ3n) is 2.61. The predicted molar refractivity (Wildman–Crippen MR) is 78.0 cm³/mol. The molecule has 1 fully saturated rings. The maximum Gasteiger partial charge on any atom is 0.303 e. The van der Waals surface area contributed by atoms with Crippen molar-refractivity contribution in [2.24, 2.45) is 0 Å². The van der Waals surface area contributed by atoms with Crippen molar-refractivity contribution in [2.75, 3.05) is 6.61 Å². The molecule has 0 bridgehead atoms. The van der Waals surface area contributed by atoms with Gasteiger partial charge in [0.05, 0.1) is 4.83 Å². The number of rotatable bonds is 4. The quantitative estimate of drug-likeness (QED) is 0.376. The Hall–Kier alpha value is -0.670. The number of halogens is 2. The van der Waals surface area contributed by atoms with Gasteiger partial charge in [0.25, 0.3) is 0 Å². The molecule has 0 N–H and O–H groups in total. The highest BCUT2D eigenvalue weighted by Crippen LogP contribution is 2.33. The second-order valence-electron chi connectivity index (χ2n) is 4.42. The summed E-state index contributed by atoms with van der Waals surface area (Å²) in [5, 5.41) is -0.505. The van der Waals surface area contributed by atoms with Crippen molar-refractivity contribution < 1.29 is 33.3 Å². The van der Waals surface area contributed by atoms with Crippen LogP contribution >= 0.6 is 31.9 Å². The fraction of sp³-hybridized carbons (Fsp3) is 0.750. The van der Waals surface area contributed by atoms with Crippen molar-refractivity contribution in [1.82, 2.24) is 0 Å². The summed E-state index contributed by atoms with van der Waals surface area (Å²) in [6.07, 6.45) is -2.41. The Morgan fingerprint density at radius 1 is 0.952 bits per heavy atom. The molecule has 21 heavy (non-hydrogen) atoms. The molecule has 1 heterocycles. The summed E-state index contributed by atoms with van der Waals surface area (Å²) in [6, 6.07) is 0. The average molecular weight is 432 g/mol. The van der Waals surface area contributed by atoms with Gasteiger partial charge >= 0.3 is 17.9 Å². The molecular formula is C12H16Br2O7. The number of hydrogen-bond acceptors (Lipinski definition) is 7. The van der Waals surface area contributed by atoms with E-state index in [1.165, 1.54) is 20.8 Å². The first kappa shape index (κ1) is 18.4. The third-order valence-corrected chi connectivity index (χ3v) is 5.11. The molecule has 1 rings (SSSR count).